The Kier molecular flexibility index (Phi) is 7.82. The molecular formula is C37H41N3O6. The molecule has 46 heavy (non-hydrogen) atoms. The maximum Gasteiger partial charge on any atom is 0.204 e. The van der Waals surface area contributed by atoms with Gasteiger partial charge in [0.25, 0.3) is 0 Å². The van der Waals surface area contributed by atoms with Crippen LogP contribution >= 0.6 is 0 Å². The first-order chi connectivity index (χ1) is 22.3. The summed E-state index contributed by atoms with van der Waals surface area (Å²) in [5.41, 5.74) is 13.3. The molecule has 0 unspecified atom stereocenters. The molecule has 4 aliphatic rings. The predicted molar refractivity (Wildman–Crippen MR) is 177 cm³/mol. The van der Waals surface area contributed by atoms with Crippen LogP contribution in [0.1, 0.15) is 45.5 Å². The largest absolute Gasteiger partial charge is 0.503 e. The van der Waals surface area contributed by atoms with E-state index in [2.05, 4.69) is 54.2 Å². The summed E-state index contributed by atoms with van der Waals surface area (Å²) in [5.74, 6) is 3.93. The zero-order valence-electron chi connectivity index (χ0n) is 27.1. The van der Waals surface area contributed by atoms with Crippen LogP contribution in [0.25, 0.3) is 0 Å². The van der Waals surface area contributed by atoms with Crippen molar-refractivity contribution in [3.63, 3.8) is 0 Å². The fourth-order valence-corrected chi connectivity index (χ4v) is 7.23. The number of nitrogens with two attached hydrogens (primary N) is 1. The van der Waals surface area contributed by atoms with E-state index in [-0.39, 0.29) is 23.5 Å². The Bertz CT molecular complexity index is 1790. The summed E-state index contributed by atoms with van der Waals surface area (Å²) in [6.45, 7) is 1.77. The van der Waals surface area contributed by atoms with Gasteiger partial charge in [-0.3, -0.25) is 9.80 Å². The minimum Gasteiger partial charge on any atom is -0.503 e. The molecule has 0 fully saturated rings. The molecule has 6 bridgehead atoms. The number of phenolic OH excluding ortho intramolecular Hbond substituents is 1. The molecule has 8 rings (SSSR count). The molecular weight excluding hydrogens is 582 g/mol. The Hall–Kier alpha value is -4.60. The molecule has 4 heterocycles. The van der Waals surface area contributed by atoms with Crippen molar-refractivity contribution in [1.82, 2.24) is 9.80 Å². The average molecular weight is 624 g/mol. The highest BCUT2D eigenvalue weighted by molar-refractivity contribution is 5.65. The second-order valence-electron chi connectivity index (χ2n) is 12.5. The van der Waals surface area contributed by atoms with Crippen LogP contribution in [0.15, 0.2) is 54.6 Å². The molecule has 0 aliphatic carbocycles. The van der Waals surface area contributed by atoms with Crippen LogP contribution in [-0.4, -0.2) is 63.4 Å². The third-order valence-electron chi connectivity index (χ3n) is 9.78. The topological polar surface area (TPSA) is 98.9 Å². The standard InChI is InChI=1S/C37H41N3O6/c1-39-12-10-23-18-30(42-3)31-20-26(23)28(39)15-21-6-8-25(9-7-21)45-32-17-22(14-27(38)35(32)41)16-29-34-24(11-13-40(29)2)19-33(43-4)36(44-5)37(34)46-31/h6-9,14,17-20,28-29,41H,10-13,15-16,38H2,1-5H3/t28-,29+/m0/s1. The van der Waals surface area contributed by atoms with Crippen molar-refractivity contribution in [2.24, 2.45) is 0 Å². The number of aromatic hydroxyl groups is 1. The molecule has 0 saturated carbocycles. The third-order valence-corrected chi connectivity index (χ3v) is 9.78. The van der Waals surface area contributed by atoms with Crippen LogP contribution < -0.4 is 29.4 Å². The van der Waals surface area contributed by atoms with Crippen molar-refractivity contribution in [1.29, 1.82) is 0 Å². The molecule has 4 aromatic rings. The fraction of sp³-hybridized carbons (Fsp3) is 0.351. The first-order valence-corrected chi connectivity index (χ1v) is 15.7. The smallest absolute Gasteiger partial charge is 0.204 e. The van der Waals surface area contributed by atoms with Crippen LogP contribution in [0.2, 0.25) is 0 Å². The number of hydrogen-bond acceptors (Lipinski definition) is 9. The van der Waals surface area contributed by atoms with Gasteiger partial charge in [-0.25, -0.2) is 0 Å². The minimum absolute atomic E-state index is 0.0722. The van der Waals surface area contributed by atoms with Crippen LogP contribution in [0.4, 0.5) is 5.69 Å². The van der Waals surface area contributed by atoms with Crippen LogP contribution in [0.3, 0.4) is 0 Å². The van der Waals surface area contributed by atoms with E-state index in [1.165, 1.54) is 16.7 Å². The Balaban J connectivity index is 1.48. The lowest BCUT2D eigenvalue weighted by Crippen LogP contribution is -2.34. The van der Waals surface area contributed by atoms with Gasteiger partial charge in [-0.15, -0.1) is 0 Å². The van der Waals surface area contributed by atoms with Crippen LogP contribution in [-0.2, 0) is 25.7 Å². The molecule has 3 N–H and O–H groups in total. The lowest BCUT2D eigenvalue weighted by molar-refractivity contribution is 0.220. The van der Waals surface area contributed by atoms with Gasteiger partial charge in [0, 0.05) is 30.7 Å². The van der Waals surface area contributed by atoms with Crippen molar-refractivity contribution >= 4 is 5.69 Å². The number of benzene rings is 4. The van der Waals surface area contributed by atoms with Crippen molar-refractivity contribution in [2.75, 3.05) is 54.2 Å². The molecule has 0 aromatic heterocycles. The Morgan fingerprint density at radius 2 is 1.41 bits per heavy atom. The number of methoxy groups -OCH3 is 3. The molecule has 4 aromatic carbocycles. The lowest BCUT2D eigenvalue weighted by Gasteiger charge is -2.37. The summed E-state index contributed by atoms with van der Waals surface area (Å²) < 4.78 is 31.0. The molecule has 0 saturated heterocycles. The van der Waals surface area contributed by atoms with Crippen molar-refractivity contribution < 1.29 is 28.8 Å². The first-order valence-electron chi connectivity index (χ1n) is 15.7. The van der Waals surface area contributed by atoms with Gasteiger partial charge in [0.15, 0.2) is 34.5 Å². The summed E-state index contributed by atoms with van der Waals surface area (Å²) in [5, 5.41) is 10.9. The molecule has 4 aliphatic heterocycles. The third kappa shape index (κ3) is 5.23. The highest BCUT2D eigenvalue weighted by Gasteiger charge is 2.35. The second-order valence-corrected chi connectivity index (χ2v) is 12.5. The minimum atomic E-state index is -0.101. The number of rotatable bonds is 3. The van der Waals surface area contributed by atoms with Gasteiger partial charge in [0.2, 0.25) is 5.75 Å². The first kappa shape index (κ1) is 30.1. The normalized spacial score (nSPS) is 19.2. The highest BCUT2D eigenvalue weighted by Crippen LogP contribution is 2.52. The maximum atomic E-state index is 10.9. The summed E-state index contributed by atoms with van der Waals surface area (Å²) in [7, 11) is 9.26. The summed E-state index contributed by atoms with van der Waals surface area (Å²) >= 11 is 0. The fourth-order valence-electron chi connectivity index (χ4n) is 7.23. The molecule has 2 atom stereocenters. The van der Waals surface area contributed by atoms with E-state index in [1.54, 1.807) is 21.3 Å². The SMILES string of the molecule is COc1cc2c3cc1Oc1c(OC)c(OC)cc4c1[C@@H](Cc1cc(N)c(O)c(c1)Oc1ccc(cc1)C[C@@H]3N(C)CC2)N(C)CC4. The van der Waals surface area contributed by atoms with E-state index in [0.29, 0.717) is 46.7 Å². The van der Waals surface area contributed by atoms with E-state index in [0.717, 1.165) is 49.0 Å². The Morgan fingerprint density at radius 3 is 2.13 bits per heavy atom. The molecule has 9 nitrogen and oxygen atoms in total. The number of likely N-dealkylation sites (N-methyl/N-ethyl adjacent to an activating group) is 2. The van der Waals surface area contributed by atoms with Crippen LogP contribution in [0.5, 0.6) is 46.0 Å². The van der Waals surface area contributed by atoms with E-state index in [4.69, 9.17) is 29.4 Å². The van der Waals surface area contributed by atoms with Crippen molar-refractivity contribution in [3.05, 3.63) is 88.0 Å². The maximum absolute atomic E-state index is 10.9. The molecule has 0 amide bonds. The predicted octanol–water partition coefficient (Wildman–Crippen LogP) is 6.44. The van der Waals surface area contributed by atoms with Gasteiger partial charge in [-0.2, -0.15) is 0 Å². The van der Waals surface area contributed by atoms with Crippen LogP contribution in [0, 0.1) is 0 Å². The number of anilines is 1. The number of fused-ring (bicyclic) bond motifs is 2. The van der Waals surface area contributed by atoms with Gasteiger partial charge in [-0.05, 0) is 110 Å². The zero-order valence-corrected chi connectivity index (χ0v) is 27.1. The van der Waals surface area contributed by atoms with E-state index in [1.807, 2.05) is 24.3 Å². The summed E-state index contributed by atoms with van der Waals surface area (Å²) in [6, 6.07) is 18.1. The molecule has 240 valence electrons. The monoisotopic (exact) mass is 623 g/mol. The van der Waals surface area contributed by atoms with Gasteiger partial charge in [-0.1, -0.05) is 12.1 Å². The molecule has 0 radical (unpaired) electrons. The number of phenols is 1. The number of ether oxygens (including phenoxy) is 5. The number of nitrogen functional groups attached to an aromatic ring is 1. The lowest BCUT2D eigenvalue weighted by atomic mass is 9.87. The average Bonchev–Trinajstić information content (AvgIpc) is 3.05. The van der Waals surface area contributed by atoms with Gasteiger partial charge >= 0.3 is 0 Å². The summed E-state index contributed by atoms with van der Waals surface area (Å²) in [4.78, 5) is 4.71. The van der Waals surface area contributed by atoms with E-state index in [9.17, 15) is 5.11 Å². The van der Waals surface area contributed by atoms with E-state index >= 15 is 0 Å². The Morgan fingerprint density at radius 1 is 0.739 bits per heavy atom. The van der Waals surface area contributed by atoms with Gasteiger partial charge in [0.1, 0.15) is 5.75 Å². The van der Waals surface area contributed by atoms with Gasteiger partial charge < -0.3 is 34.5 Å². The number of nitrogens with zero attached hydrogens (tertiary/aromatic N) is 2. The second kappa shape index (κ2) is 12.0. The summed E-state index contributed by atoms with van der Waals surface area (Å²) in [6.07, 6.45) is 3.12. The van der Waals surface area contributed by atoms with Crippen molar-refractivity contribution in [3.8, 4) is 46.0 Å². The Labute approximate surface area is 270 Å². The van der Waals surface area contributed by atoms with Crippen molar-refractivity contribution in [2.45, 2.75) is 37.8 Å². The van der Waals surface area contributed by atoms with Gasteiger partial charge in [0.05, 0.1) is 27.0 Å². The zero-order chi connectivity index (χ0) is 32.1. The highest BCUT2D eigenvalue weighted by atomic mass is 16.5. The quantitative estimate of drug-likeness (QED) is 0.197. The van der Waals surface area contributed by atoms with E-state index < -0.39 is 0 Å². The molecule has 0 spiro atoms. The number of hydrogen-bond donors (Lipinski definition) is 2. The molecule has 9 heteroatoms.